The van der Waals surface area contributed by atoms with Gasteiger partial charge in [-0.25, -0.2) is 17.5 Å². The maximum Gasteiger partial charge on any atom is 0.241 e. The fourth-order valence-corrected chi connectivity index (χ4v) is 5.12. The van der Waals surface area contributed by atoms with Crippen LogP contribution in [0.2, 0.25) is 0 Å². The average molecular weight is 414 g/mol. The fourth-order valence-electron chi connectivity index (χ4n) is 3.79. The van der Waals surface area contributed by atoms with E-state index in [9.17, 15) is 22.7 Å². The molecule has 156 valence electrons. The van der Waals surface area contributed by atoms with Crippen molar-refractivity contribution >= 4 is 15.9 Å². The monoisotopic (exact) mass is 414 g/mol. The Morgan fingerprint density at radius 1 is 1.25 bits per heavy atom. The summed E-state index contributed by atoms with van der Waals surface area (Å²) in [4.78, 5) is 14.1. The van der Waals surface area contributed by atoms with Crippen molar-refractivity contribution in [3.05, 3.63) is 30.1 Å². The number of likely N-dealkylation sites (tertiary alicyclic amines) is 1. The van der Waals surface area contributed by atoms with E-state index < -0.39 is 28.0 Å². The van der Waals surface area contributed by atoms with E-state index in [0.29, 0.717) is 12.8 Å². The molecule has 0 bridgehead atoms. The molecule has 0 radical (unpaired) electrons. The van der Waals surface area contributed by atoms with Crippen LogP contribution in [0.4, 0.5) is 4.39 Å². The number of piperidine rings is 1. The molecule has 9 heteroatoms. The largest absolute Gasteiger partial charge is 0.394 e. The molecule has 28 heavy (non-hydrogen) atoms. The van der Waals surface area contributed by atoms with Crippen LogP contribution in [0, 0.1) is 5.82 Å². The maximum absolute atomic E-state index is 13.4. The molecule has 1 aromatic rings. The molecule has 3 atom stereocenters. The summed E-state index contributed by atoms with van der Waals surface area (Å²) in [7, 11) is -3.94. The fraction of sp³-hybridized carbons (Fsp3) is 0.632. The minimum atomic E-state index is -3.94. The first-order chi connectivity index (χ1) is 13.4. The van der Waals surface area contributed by atoms with Gasteiger partial charge in [0.2, 0.25) is 15.9 Å². The van der Waals surface area contributed by atoms with Crippen LogP contribution >= 0.6 is 0 Å². The molecule has 2 aliphatic heterocycles. The zero-order chi connectivity index (χ0) is 20.1. The topological polar surface area (TPSA) is 95.9 Å². The maximum atomic E-state index is 13.4. The smallest absolute Gasteiger partial charge is 0.241 e. The highest BCUT2D eigenvalue weighted by Crippen LogP contribution is 2.25. The molecule has 7 nitrogen and oxygen atoms in total. The first-order valence-electron chi connectivity index (χ1n) is 9.71. The number of hydrogen-bond acceptors (Lipinski definition) is 5. The molecule has 2 aliphatic rings. The summed E-state index contributed by atoms with van der Waals surface area (Å²) in [6, 6.07) is 4.11. The SMILES string of the molecule is O=C(C[C@H]1CC[C@H](NS(=O)(=O)c2cccc(F)c2)[C@H](CO)O1)N1CCCCC1. The number of carbonyl (C=O) groups is 1. The lowest BCUT2D eigenvalue weighted by Crippen LogP contribution is -2.51. The lowest BCUT2D eigenvalue weighted by atomic mass is 9.97. The number of benzene rings is 1. The van der Waals surface area contributed by atoms with E-state index in [1.54, 1.807) is 0 Å². The van der Waals surface area contributed by atoms with Crippen molar-refractivity contribution in [2.75, 3.05) is 19.7 Å². The molecule has 3 rings (SSSR count). The molecule has 0 aliphatic carbocycles. The Labute approximate surface area is 164 Å². The standard InChI is InChI=1S/C19H27FN2O5S/c20-14-5-4-6-16(11-14)28(25,26)21-17-8-7-15(27-18(17)13-23)12-19(24)22-9-2-1-3-10-22/h4-6,11,15,17-18,21,23H,1-3,7-10,12-13H2/t15-,17+,18+/m1/s1. The van der Waals surface area contributed by atoms with Gasteiger partial charge in [-0.3, -0.25) is 4.79 Å². The van der Waals surface area contributed by atoms with Crippen molar-refractivity contribution in [2.45, 2.75) is 61.7 Å². The molecule has 1 amide bonds. The molecule has 0 saturated carbocycles. The number of nitrogens with one attached hydrogen (secondary N) is 1. The third-order valence-electron chi connectivity index (χ3n) is 5.32. The van der Waals surface area contributed by atoms with Gasteiger partial charge in [0.15, 0.2) is 0 Å². The lowest BCUT2D eigenvalue weighted by molar-refractivity contribution is -0.140. The highest BCUT2D eigenvalue weighted by atomic mass is 32.2. The predicted octanol–water partition coefficient (Wildman–Crippen LogP) is 1.42. The molecular weight excluding hydrogens is 387 g/mol. The van der Waals surface area contributed by atoms with Gasteiger partial charge in [-0.1, -0.05) is 6.07 Å². The molecule has 0 unspecified atom stereocenters. The van der Waals surface area contributed by atoms with E-state index in [1.807, 2.05) is 4.90 Å². The average Bonchev–Trinajstić information content (AvgIpc) is 2.69. The number of aliphatic hydroxyl groups is 1. The second-order valence-corrected chi connectivity index (χ2v) is 9.10. The number of carbonyl (C=O) groups excluding carboxylic acids is 1. The quantitative estimate of drug-likeness (QED) is 0.734. The number of sulfonamides is 1. The third kappa shape index (κ3) is 5.28. The zero-order valence-electron chi connectivity index (χ0n) is 15.7. The molecule has 2 fully saturated rings. The summed E-state index contributed by atoms with van der Waals surface area (Å²) in [6.45, 7) is 1.17. The lowest BCUT2D eigenvalue weighted by Gasteiger charge is -2.36. The van der Waals surface area contributed by atoms with Gasteiger partial charge in [-0.05, 0) is 50.3 Å². The van der Waals surface area contributed by atoms with Crippen LogP contribution in [0.1, 0.15) is 38.5 Å². The van der Waals surface area contributed by atoms with E-state index in [-0.39, 0.29) is 29.9 Å². The number of hydrogen-bond donors (Lipinski definition) is 2. The minimum absolute atomic E-state index is 0.0418. The van der Waals surface area contributed by atoms with Crippen molar-refractivity contribution < 1.29 is 27.4 Å². The van der Waals surface area contributed by atoms with Gasteiger partial charge in [0.05, 0.1) is 36.2 Å². The number of amides is 1. The molecular formula is C19H27FN2O5S. The Kier molecular flexibility index (Phi) is 7.03. The Hall–Kier alpha value is -1.55. The van der Waals surface area contributed by atoms with Crippen molar-refractivity contribution in [1.82, 2.24) is 9.62 Å². The first kappa shape index (κ1) is 21.2. The van der Waals surface area contributed by atoms with Gasteiger partial charge >= 0.3 is 0 Å². The van der Waals surface area contributed by atoms with Gasteiger partial charge in [0, 0.05) is 13.1 Å². The Balaban J connectivity index is 1.59. The number of ether oxygens (including phenoxy) is 1. The number of halogens is 1. The first-order valence-corrected chi connectivity index (χ1v) is 11.2. The van der Waals surface area contributed by atoms with Crippen LogP contribution in [0.5, 0.6) is 0 Å². The van der Waals surface area contributed by atoms with Crippen LogP contribution in [0.3, 0.4) is 0 Å². The van der Waals surface area contributed by atoms with Gasteiger partial charge in [-0.15, -0.1) is 0 Å². The Bertz CT molecular complexity index is 782. The van der Waals surface area contributed by atoms with E-state index in [4.69, 9.17) is 4.74 Å². The Morgan fingerprint density at radius 3 is 2.68 bits per heavy atom. The van der Waals surface area contributed by atoms with Crippen LogP contribution in [-0.4, -0.2) is 62.3 Å². The molecule has 0 aromatic heterocycles. The summed E-state index contributed by atoms with van der Waals surface area (Å²) < 4.78 is 46.7. The minimum Gasteiger partial charge on any atom is -0.394 e. The molecule has 1 aromatic carbocycles. The van der Waals surface area contributed by atoms with Crippen molar-refractivity contribution in [3.63, 3.8) is 0 Å². The number of nitrogens with zero attached hydrogens (tertiary/aromatic N) is 1. The van der Waals surface area contributed by atoms with E-state index >= 15 is 0 Å². The van der Waals surface area contributed by atoms with Gasteiger partial charge in [-0.2, -0.15) is 0 Å². The number of rotatable bonds is 6. The van der Waals surface area contributed by atoms with Crippen LogP contribution < -0.4 is 4.72 Å². The Morgan fingerprint density at radius 2 is 2.00 bits per heavy atom. The molecule has 2 heterocycles. The van der Waals surface area contributed by atoms with Gasteiger partial charge in [0.1, 0.15) is 5.82 Å². The van der Waals surface area contributed by atoms with Gasteiger partial charge in [0.25, 0.3) is 0 Å². The molecule has 2 N–H and O–H groups in total. The summed E-state index contributed by atoms with van der Waals surface area (Å²) in [5.74, 6) is -0.599. The van der Waals surface area contributed by atoms with Crippen LogP contribution in [-0.2, 0) is 19.6 Å². The molecule has 2 saturated heterocycles. The third-order valence-corrected chi connectivity index (χ3v) is 6.81. The second-order valence-electron chi connectivity index (χ2n) is 7.39. The highest BCUT2D eigenvalue weighted by molar-refractivity contribution is 7.89. The van der Waals surface area contributed by atoms with Crippen molar-refractivity contribution in [2.24, 2.45) is 0 Å². The summed E-state index contributed by atoms with van der Waals surface area (Å²) in [5.41, 5.74) is 0. The van der Waals surface area contributed by atoms with Gasteiger partial charge < -0.3 is 14.7 Å². The van der Waals surface area contributed by atoms with E-state index in [0.717, 1.165) is 38.4 Å². The zero-order valence-corrected chi connectivity index (χ0v) is 16.5. The molecule has 0 spiro atoms. The van der Waals surface area contributed by atoms with E-state index in [1.165, 1.54) is 18.2 Å². The van der Waals surface area contributed by atoms with Crippen molar-refractivity contribution in [3.8, 4) is 0 Å². The predicted molar refractivity (Wildman–Crippen MR) is 101 cm³/mol. The normalized spacial score (nSPS) is 26.2. The van der Waals surface area contributed by atoms with Crippen molar-refractivity contribution in [1.29, 1.82) is 0 Å². The van der Waals surface area contributed by atoms with Crippen LogP contribution in [0.25, 0.3) is 0 Å². The number of aliphatic hydroxyl groups excluding tert-OH is 1. The summed E-state index contributed by atoms with van der Waals surface area (Å²) in [6.07, 6.45) is 3.24. The summed E-state index contributed by atoms with van der Waals surface area (Å²) in [5, 5.41) is 9.66. The van der Waals surface area contributed by atoms with E-state index in [2.05, 4.69) is 4.72 Å². The van der Waals surface area contributed by atoms with Crippen LogP contribution in [0.15, 0.2) is 29.2 Å². The summed E-state index contributed by atoms with van der Waals surface area (Å²) >= 11 is 0. The highest BCUT2D eigenvalue weighted by Gasteiger charge is 2.35. The second kappa shape index (κ2) is 9.30.